The van der Waals surface area contributed by atoms with E-state index in [1.165, 1.54) is 11.4 Å². The maximum atomic E-state index is 10.4. The van der Waals surface area contributed by atoms with Crippen molar-refractivity contribution < 1.29 is 14.6 Å². The molecule has 0 spiro atoms. The number of hydroxylamine groups is 2. The van der Waals surface area contributed by atoms with Gasteiger partial charge in [-0.2, -0.15) is 5.01 Å². The number of nitro groups is 1. The summed E-state index contributed by atoms with van der Waals surface area (Å²) < 4.78 is 0. The Morgan fingerprint density at radius 1 is 0.458 bits per heavy atom. The molecule has 0 radical (unpaired) electrons. The molecule has 14 heteroatoms. The van der Waals surface area contributed by atoms with Crippen molar-refractivity contribution in [3.63, 3.8) is 0 Å². The van der Waals surface area contributed by atoms with Gasteiger partial charge in [-0.3, -0.25) is 30.6 Å². The summed E-state index contributed by atoms with van der Waals surface area (Å²) in [6, 6.07) is 51.6. The van der Waals surface area contributed by atoms with E-state index in [9.17, 15) is 10.1 Å². The molecule has 59 heavy (non-hydrogen) atoms. The van der Waals surface area contributed by atoms with Gasteiger partial charge in [-0.25, -0.2) is 5.43 Å². The Bertz CT molecular complexity index is 1810. The van der Waals surface area contributed by atoms with Crippen LogP contribution in [-0.4, -0.2) is 105 Å². The zero-order chi connectivity index (χ0) is 40.7. The molecule has 3 N–H and O–H groups in total. The summed E-state index contributed by atoms with van der Waals surface area (Å²) in [6.07, 6.45) is 0. The van der Waals surface area contributed by atoms with Gasteiger partial charge >= 0.3 is 0 Å². The Hall–Kier alpha value is -5.42. The summed E-state index contributed by atoms with van der Waals surface area (Å²) in [6.45, 7) is 11.2. The Kier molecular flexibility index (Phi) is 17.9. The van der Waals surface area contributed by atoms with Crippen LogP contribution in [0.4, 0.5) is 17.1 Å². The fourth-order valence-electron chi connectivity index (χ4n) is 6.85. The molecule has 0 bridgehead atoms. The number of rotatable bonds is 11. The standard InChI is InChI=1S/C24H27N3O2.C11H16N4O2.C10H15N3/c1-4-10-22(11-5-1)20-28-26-18-16-25(24-14-8-3-9-15-24)17-19-27(26)29-21-23-12-6-2-7-13-23;16-15(17)10-14-9-8-13(7-6-12-14)11-4-2-1-3-5-11;1-2-4-10(5-3-1)13-8-6-11-12-7-9-13/h1-15H,16-21H2;1-5,12H,6-10H2;1-5,11-12H,6-9H2. The highest BCUT2D eigenvalue weighted by Gasteiger charge is 2.24. The van der Waals surface area contributed by atoms with Crippen LogP contribution < -0.4 is 31.0 Å². The van der Waals surface area contributed by atoms with Crippen molar-refractivity contribution in [2.75, 3.05) is 99.9 Å². The molecular formula is C45H58N10O4. The third kappa shape index (κ3) is 15.0. The first-order chi connectivity index (χ1) is 29.1. The molecule has 0 saturated carbocycles. The van der Waals surface area contributed by atoms with Crippen molar-refractivity contribution in [1.82, 2.24) is 31.6 Å². The maximum Gasteiger partial charge on any atom is 0.271 e. The molecule has 3 saturated heterocycles. The highest BCUT2D eigenvalue weighted by molar-refractivity contribution is 5.47. The summed E-state index contributed by atoms with van der Waals surface area (Å²) >= 11 is 0. The summed E-state index contributed by atoms with van der Waals surface area (Å²) in [5.41, 5.74) is 15.4. The van der Waals surface area contributed by atoms with Gasteiger partial charge in [-0.1, -0.05) is 126 Å². The minimum atomic E-state index is -0.314. The number of para-hydroxylation sites is 3. The lowest BCUT2D eigenvalue weighted by Gasteiger charge is -2.30. The van der Waals surface area contributed by atoms with Crippen LogP contribution in [0, 0.1) is 10.1 Å². The van der Waals surface area contributed by atoms with Gasteiger partial charge < -0.3 is 14.7 Å². The first-order valence-electron chi connectivity index (χ1n) is 20.5. The minimum Gasteiger partial charge on any atom is -0.369 e. The molecule has 3 heterocycles. The van der Waals surface area contributed by atoms with E-state index < -0.39 is 0 Å². The Balaban J connectivity index is 0.000000165. The van der Waals surface area contributed by atoms with Crippen LogP contribution in [0.1, 0.15) is 11.1 Å². The Morgan fingerprint density at radius 2 is 0.814 bits per heavy atom. The van der Waals surface area contributed by atoms with Gasteiger partial charge in [0.1, 0.15) is 0 Å². The molecule has 0 aromatic heterocycles. The van der Waals surface area contributed by atoms with Gasteiger partial charge in [-0.05, 0) is 47.5 Å². The number of nitrogens with one attached hydrogen (secondary N) is 3. The zero-order valence-corrected chi connectivity index (χ0v) is 33.8. The summed E-state index contributed by atoms with van der Waals surface area (Å²) in [5, 5.41) is 15.8. The molecular weight excluding hydrogens is 745 g/mol. The molecule has 3 aliphatic heterocycles. The second kappa shape index (κ2) is 24.5. The molecule has 0 amide bonds. The van der Waals surface area contributed by atoms with Crippen LogP contribution in [0.5, 0.6) is 0 Å². The van der Waals surface area contributed by atoms with E-state index in [0.29, 0.717) is 19.8 Å². The maximum absolute atomic E-state index is 10.4. The van der Waals surface area contributed by atoms with E-state index in [0.717, 1.165) is 88.8 Å². The van der Waals surface area contributed by atoms with E-state index in [2.05, 4.69) is 122 Å². The van der Waals surface area contributed by atoms with E-state index in [1.54, 1.807) is 5.01 Å². The normalized spacial score (nSPS) is 17.0. The van der Waals surface area contributed by atoms with Crippen LogP contribution in [0.3, 0.4) is 0 Å². The second-order valence-electron chi connectivity index (χ2n) is 14.1. The third-order valence-corrected chi connectivity index (χ3v) is 9.96. The fourth-order valence-corrected chi connectivity index (χ4v) is 6.85. The van der Waals surface area contributed by atoms with Crippen molar-refractivity contribution >= 4 is 17.1 Å². The molecule has 312 valence electrons. The highest BCUT2D eigenvalue weighted by Crippen LogP contribution is 2.19. The number of hydrogen-bond acceptors (Lipinski definition) is 13. The van der Waals surface area contributed by atoms with E-state index in [-0.39, 0.29) is 11.6 Å². The lowest BCUT2D eigenvalue weighted by molar-refractivity contribution is -0.507. The molecule has 5 aromatic carbocycles. The predicted molar refractivity (Wildman–Crippen MR) is 234 cm³/mol. The van der Waals surface area contributed by atoms with Crippen molar-refractivity contribution in [2.45, 2.75) is 13.2 Å². The largest absolute Gasteiger partial charge is 0.369 e. The van der Waals surface area contributed by atoms with Gasteiger partial charge in [0, 0.05) is 87.4 Å². The molecule has 5 aromatic rings. The number of nitrogens with zero attached hydrogens (tertiary/aromatic N) is 7. The molecule has 0 unspecified atom stereocenters. The fraction of sp³-hybridized carbons (Fsp3) is 0.333. The quantitative estimate of drug-likeness (QED) is 0.117. The van der Waals surface area contributed by atoms with Crippen LogP contribution in [0.15, 0.2) is 152 Å². The molecule has 3 fully saturated rings. The first-order valence-corrected chi connectivity index (χ1v) is 20.5. The average Bonchev–Trinajstić information content (AvgIpc) is 3.80. The molecule has 8 rings (SSSR count). The smallest absolute Gasteiger partial charge is 0.271 e. The number of benzene rings is 5. The molecule has 14 nitrogen and oxygen atoms in total. The highest BCUT2D eigenvalue weighted by atomic mass is 16.8. The van der Waals surface area contributed by atoms with Crippen molar-refractivity contribution in [1.29, 1.82) is 0 Å². The monoisotopic (exact) mass is 802 g/mol. The van der Waals surface area contributed by atoms with Crippen LogP contribution in [0.2, 0.25) is 0 Å². The van der Waals surface area contributed by atoms with Crippen LogP contribution >= 0.6 is 0 Å². The lowest BCUT2D eigenvalue weighted by Crippen LogP contribution is -2.43. The summed E-state index contributed by atoms with van der Waals surface area (Å²) in [5.74, 6) is 0. The number of hydrogen-bond donors (Lipinski definition) is 3. The van der Waals surface area contributed by atoms with Gasteiger partial charge in [-0.15, -0.1) is 0 Å². The number of anilines is 3. The number of hydrazine groups is 3. The van der Waals surface area contributed by atoms with Gasteiger partial charge in [0.2, 0.25) is 0 Å². The SMILES string of the molecule is O=[N+]([O-])CN1CCN(c2ccccc2)CCN1.c1ccc(CON2CCN(c3ccccc3)CCN2OCc2ccccc2)cc1.c1ccc(N2CCNNCC2)cc1. The van der Waals surface area contributed by atoms with E-state index in [4.69, 9.17) is 9.68 Å². The molecule has 3 aliphatic rings. The topological polar surface area (TPSA) is 117 Å². The Labute approximate surface area is 348 Å². The van der Waals surface area contributed by atoms with Crippen molar-refractivity contribution in [2.24, 2.45) is 0 Å². The first kappa shape index (κ1) is 43.2. The molecule has 0 aliphatic carbocycles. The van der Waals surface area contributed by atoms with Crippen LogP contribution in [0.25, 0.3) is 0 Å². The van der Waals surface area contributed by atoms with Gasteiger partial charge in [0.15, 0.2) is 0 Å². The Morgan fingerprint density at radius 3 is 1.24 bits per heavy atom. The average molecular weight is 803 g/mol. The van der Waals surface area contributed by atoms with Crippen molar-refractivity contribution in [3.8, 4) is 0 Å². The summed E-state index contributed by atoms with van der Waals surface area (Å²) in [7, 11) is 0. The molecule has 0 atom stereocenters. The second-order valence-corrected chi connectivity index (χ2v) is 14.1. The summed E-state index contributed by atoms with van der Waals surface area (Å²) in [4.78, 5) is 29.4. The third-order valence-electron chi connectivity index (χ3n) is 9.96. The van der Waals surface area contributed by atoms with Crippen molar-refractivity contribution in [3.05, 3.63) is 173 Å². The van der Waals surface area contributed by atoms with Crippen LogP contribution in [-0.2, 0) is 22.9 Å². The van der Waals surface area contributed by atoms with E-state index >= 15 is 0 Å². The zero-order valence-electron chi connectivity index (χ0n) is 33.8. The van der Waals surface area contributed by atoms with E-state index in [1.807, 2.05) is 71.0 Å². The predicted octanol–water partition coefficient (Wildman–Crippen LogP) is 5.44. The lowest BCUT2D eigenvalue weighted by atomic mass is 10.2. The van der Waals surface area contributed by atoms with Gasteiger partial charge in [0.05, 0.1) is 26.3 Å². The van der Waals surface area contributed by atoms with Gasteiger partial charge in [0.25, 0.3) is 6.67 Å². The minimum absolute atomic E-state index is 0.150.